The highest BCUT2D eigenvalue weighted by atomic mass is 79.9. The first-order valence-electron chi connectivity index (χ1n) is 11.9. The molecule has 0 unspecified atom stereocenters. The van der Waals surface area contributed by atoms with E-state index in [1.54, 1.807) is 22.8 Å². The predicted octanol–water partition coefficient (Wildman–Crippen LogP) is 6.63. The summed E-state index contributed by atoms with van der Waals surface area (Å²) in [4.78, 5) is 31.9. The Labute approximate surface area is 211 Å². The van der Waals surface area contributed by atoms with Gasteiger partial charge in [0.25, 0.3) is 0 Å². The van der Waals surface area contributed by atoms with Gasteiger partial charge in [0, 0.05) is 10.4 Å². The lowest BCUT2D eigenvalue weighted by Gasteiger charge is -2.34. The zero-order valence-electron chi connectivity index (χ0n) is 19.7. The molecule has 2 aromatic carbocycles. The van der Waals surface area contributed by atoms with Crippen molar-refractivity contribution in [3.8, 4) is 0 Å². The number of benzene rings is 2. The molecule has 1 aliphatic carbocycles. The van der Waals surface area contributed by atoms with E-state index < -0.39 is 23.6 Å². The summed E-state index contributed by atoms with van der Waals surface area (Å²) < 4.78 is 28.1. The highest BCUT2D eigenvalue weighted by molar-refractivity contribution is 9.10. The second kappa shape index (κ2) is 9.26. The number of aromatic nitrogens is 2. The van der Waals surface area contributed by atoms with Gasteiger partial charge in [-0.25, -0.2) is 23.5 Å². The van der Waals surface area contributed by atoms with Crippen molar-refractivity contribution >= 4 is 44.8 Å². The third-order valence-corrected chi connectivity index (χ3v) is 7.23. The molecule has 2 aliphatic rings. The minimum atomic E-state index is -0.673. The van der Waals surface area contributed by atoms with Gasteiger partial charge in [0.1, 0.15) is 17.2 Å². The van der Waals surface area contributed by atoms with Crippen molar-refractivity contribution in [1.82, 2.24) is 9.55 Å². The van der Waals surface area contributed by atoms with E-state index in [4.69, 9.17) is 14.5 Å². The Morgan fingerprint density at radius 1 is 1.26 bits per heavy atom. The molecule has 7 nitrogen and oxygen atoms in total. The Morgan fingerprint density at radius 3 is 2.71 bits per heavy atom. The van der Waals surface area contributed by atoms with Crippen LogP contribution in [0, 0.1) is 11.7 Å². The summed E-state index contributed by atoms with van der Waals surface area (Å²) >= 11 is 3.48. The SMILES string of the molecule is CC(C)COC(=O)n1c(C2CCC3(CC2)CN(c2ccccc2F)C(=O)O3)nc2cc(Br)ccc21. The lowest BCUT2D eigenvalue weighted by molar-refractivity contribution is 0.0205. The van der Waals surface area contributed by atoms with E-state index in [9.17, 15) is 14.0 Å². The van der Waals surface area contributed by atoms with Crippen molar-refractivity contribution < 1.29 is 23.5 Å². The van der Waals surface area contributed by atoms with Crippen molar-refractivity contribution in [2.45, 2.75) is 51.0 Å². The number of amides is 1. The number of halogens is 2. The zero-order chi connectivity index (χ0) is 24.7. The summed E-state index contributed by atoms with van der Waals surface area (Å²) in [6, 6.07) is 11.9. The number of nitrogens with zero attached hydrogens (tertiary/aromatic N) is 3. The maximum absolute atomic E-state index is 14.3. The summed E-state index contributed by atoms with van der Waals surface area (Å²) in [6.45, 7) is 4.61. The first-order valence-corrected chi connectivity index (χ1v) is 12.7. The molecule has 184 valence electrons. The number of hydrogen-bond donors (Lipinski definition) is 0. The van der Waals surface area contributed by atoms with Gasteiger partial charge < -0.3 is 9.47 Å². The number of carbonyl (C=O) groups is 2. The molecule has 0 atom stereocenters. The molecule has 2 heterocycles. The number of imidazole rings is 1. The number of anilines is 1. The van der Waals surface area contributed by atoms with Crippen LogP contribution in [0.25, 0.3) is 11.0 Å². The molecule has 3 aromatic rings. The zero-order valence-corrected chi connectivity index (χ0v) is 21.3. The Hall–Kier alpha value is -2.94. The van der Waals surface area contributed by atoms with Gasteiger partial charge in [-0.15, -0.1) is 0 Å². The first-order chi connectivity index (χ1) is 16.8. The van der Waals surface area contributed by atoms with Crippen molar-refractivity contribution in [3.63, 3.8) is 0 Å². The van der Waals surface area contributed by atoms with Crippen LogP contribution in [0.5, 0.6) is 0 Å². The molecule has 1 spiro atoms. The van der Waals surface area contributed by atoms with Crippen LogP contribution in [-0.4, -0.2) is 40.5 Å². The molecule has 0 bridgehead atoms. The van der Waals surface area contributed by atoms with Crippen LogP contribution < -0.4 is 4.90 Å². The molecule has 1 saturated carbocycles. The van der Waals surface area contributed by atoms with E-state index in [1.165, 1.54) is 11.0 Å². The topological polar surface area (TPSA) is 73.7 Å². The highest BCUT2D eigenvalue weighted by Gasteiger charge is 2.49. The van der Waals surface area contributed by atoms with Gasteiger partial charge in [-0.05, 0) is 61.9 Å². The van der Waals surface area contributed by atoms with Crippen LogP contribution in [-0.2, 0) is 9.47 Å². The van der Waals surface area contributed by atoms with Gasteiger partial charge in [0.05, 0.1) is 29.9 Å². The standard InChI is InChI=1S/C26H27BrFN3O4/c1-16(2)14-34-25(33)31-22-8-7-18(27)13-20(22)29-23(31)17-9-11-26(12-10-17)15-30(24(32)35-26)21-6-4-3-5-19(21)28/h3-8,13,16-17H,9-12,14-15H2,1-2H3. The average molecular weight is 544 g/mol. The normalized spacial score (nSPS) is 22.3. The summed E-state index contributed by atoms with van der Waals surface area (Å²) in [5, 5.41) is 0. The number of fused-ring (bicyclic) bond motifs is 1. The molecule has 35 heavy (non-hydrogen) atoms. The minimum Gasteiger partial charge on any atom is -0.449 e. The van der Waals surface area contributed by atoms with Crippen molar-refractivity contribution in [1.29, 1.82) is 0 Å². The van der Waals surface area contributed by atoms with Crippen LogP contribution in [0.4, 0.5) is 19.7 Å². The molecule has 1 aromatic heterocycles. The third-order valence-electron chi connectivity index (χ3n) is 6.74. The Bertz CT molecular complexity index is 1280. The fourth-order valence-electron chi connectivity index (χ4n) is 4.98. The molecular formula is C26H27BrFN3O4. The van der Waals surface area contributed by atoms with Gasteiger partial charge in [0.15, 0.2) is 0 Å². The molecule has 1 amide bonds. The Morgan fingerprint density at radius 2 is 2.00 bits per heavy atom. The number of hydrogen-bond acceptors (Lipinski definition) is 5. The number of para-hydroxylation sites is 1. The van der Waals surface area contributed by atoms with Crippen LogP contribution >= 0.6 is 15.9 Å². The second-order valence-corrected chi connectivity index (χ2v) is 10.7. The van der Waals surface area contributed by atoms with E-state index in [-0.39, 0.29) is 17.5 Å². The Kier molecular flexibility index (Phi) is 6.29. The quantitative estimate of drug-likeness (QED) is 0.369. The summed E-state index contributed by atoms with van der Waals surface area (Å²) in [5.74, 6) is 0.432. The molecule has 1 saturated heterocycles. The maximum Gasteiger partial charge on any atom is 0.420 e. The molecule has 5 rings (SSSR count). The summed E-state index contributed by atoms with van der Waals surface area (Å²) in [7, 11) is 0. The van der Waals surface area contributed by atoms with Crippen LogP contribution in [0.15, 0.2) is 46.9 Å². The van der Waals surface area contributed by atoms with Gasteiger partial charge >= 0.3 is 12.2 Å². The van der Waals surface area contributed by atoms with Crippen LogP contribution in [0.3, 0.4) is 0 Å². The first kappa shape index (κ1) is 23.8. The number of ether oxygens (including phenoxy) is 2. The molecule has 2 fully saturated rings. The van der Waals surface area contributed by atoms with Gasteiger partial charge in [-0.1, -0.05) is 41.9 Å². The number of carbonyl (C=O) groups excluding carboxylic acids is 2. The van der Waals surface area contributed by atoms with E-state index in [0.29, 0.717) is 55.7 Å². The monoisotopic (exact) mass is 543 g/mol. The molecular weight excluding hydrogens is 517 g/mol. The highest BCUT2D eigenvalue weighted by Crippen LogP contribution is 2.44. The van der Waals surface area contributed by atoms with Gasteiger partial charge in [-0.2, -0.15) is 0 Å². The second-order valence-electron chi connectivity index (χ2n) is 9.77. The largest absolute Gasteiger partial charge is 0.449 e. The van der Waals surface area contributed by atoms with Gasteiger partial charge in [-0.3, -0.25) is 4.90 Å². The van der Waals surface area contributed by atoms with E-state index >= 15 is 0 Å². The van der Waals surface area contributed by atoms with Crippen LogP contribution in [0.1, 0.15) is 51.3 Å². The van der Waals surface area contributed by atoms with Gasteiger partial charge in [0.2, 0.25) is 0 Å². The molecule has 0 radical (unpaired) electrons. The predicted molar refractivity (Wildman–Crippen MR) is 133 cm³/mol. The molecule has 9 heteroatoms. The molecule has 1 aliphatic heterocycles. The van der Waals surface area contributed by atoms with Crippen molar-refractivity contribution in [2.24, 2.45) is 5.92 Å². The lowest BCUT2D eigenvalue weighted by atomic mass is 9.78. The number of rotatable bonds is 4. The average Bonchev–Trinajstić information content (AvgIpc) is 3.35. The molecule has 0 N–H and O–H groups in total. The van der Waals surface area contributed by atoms with E-state index in [2.05, 4.69) is 15.9 Å². The fraction of sp³-hybridized carbons (Fsp3) is 0.423. The maximum atomic E-state index is 14.3. The summed E-state index contributed by atoms with van der Waals surface area (Å²) in [6.07, 6.45) is 1.60. The summed E-state index contributed by atoms with van der Waals surface area (Å²) in [5.41, 5.74) is 0.981. The Balaban J connectivity index is 1.38. The van der Waals surface area contributed by atoms with E-state index in [1.807, 2.05) is 32.0 Å². The lowest BCUT2D eigenvalue weighted by Crippen LogP contribution is -2.38. The minimum absolute atomic E-state index is 0.000357. The smallest absolute Gasteiger partial charge is 0.420 e. The van der Waals surface area contributed by atoms with Crippen molar-refractivity contribution in [3.05, 3.63) is 58.6 Å². The van der Waals surface area contributed by atoms with Crippen LogP contribution in [0.2, 0.25) is 0 Å². The fourth-order valence-corrected chi connectivity index (χ4v) is 5.33. The van der Waals surface area contributed by atoms with Crippen molar-refractivity contribution in [2.75, 3.05) is 18.1 Å². The van der Waals surface area contributed by atoms with E-state index in [0.717, 1.165) is 4.47 Å². The third kappa shape index (κ3) is 4.53.